The average molecular weight is 211 g/mol. The van der Waals surface area contributed by atoms with Gasteiger partial charge in [-0.2, -0.15) is 0 Å². The van der Waals surface area contributed by atoms with Crippen molar-refractivity contribution in [1.29, 1.82) is 0 Å². The topological polar surface area (TPSA) is 57.6 Å². The van der Waals surface area contributed by atoms with Gasteiger partial charge in [0.05, 0.1) is 6.42 Å². The Labute approximate surface area is 89.3 Å². The monoisotopic (exact) mass is 211 g/mol. The van der Waals surface area contributed by atoms with Crippen molar-refractivity contribution in [3.8, 4) is 0 Å². The summed E-state index contributed by atoms with van der Waals surface area (Å²) in [6.45, 7) is 0.841. The summed E-state index contributed by atoms with van der Waals surface area (Å²) < 4.78 is 0. The highest BCUT2D eigenvalue weighted by molar-refractivity contribution is 5.81. The highest BCUT2D eigenvalue weighted by Gasteiger charge is 2.39. The van der Waals surface area contributed by atoms with Crippen LogP contribution in [0.1, 0.15) is 38.5 Å². The Morgan fingerprint density at radius 3 is 2.73 bits per heavy atom. The normalized spacial score (nSPS) is 29.2. The van der Waals surface area contributed by atoms with E-state index in [0.29, 0.717) is 12.0 Å². The van der Waals surface area contributed by atoms with E-state index in [4.69, 9.17) is 5.11 Å². The third-order valence-corrected chi connectivity index (χ3v) is 3.63. The molecule has 0 aromatic heterocycles. The van der Waals surface area contributed by atoms with Crippen LogP contribution in [0, 0.1) is 5.92 Å². The second-order valence-corrected chi connectivity index (χ2v) is 4.53. The second kappa shape index (κ2) is 4.21. The Kier molecular flexibility index (Phi) is 2.93. The van der Waals surface area contributed by atoms with Crippen LogP contribution in [0.5, 0.6) is 0 Å². The number of carbonyl (C=O) groups is 2. The van der Waals surface area contributed by atoms with Gasteiger partial charge < -0.3 is 10.0 Å². The largest absolute Gasteiger partial charge is 0.481 e. The Morgan fingerprint density at radius 2 is 2.00 bits per heavy atom. The van der Waals surface area contributed by atoms with Gasteiger partial charge in [0.15, 0.2) is 0 Å². The van der Waals surface area contributed by atoms with Gasteiger partial charge in [0, 0.05) is 19.0 Å². The summed E-state index contributed by atoms with van der Waals surface area (Å²) in [5, 5.41) is 8.52. The zero-order chi connectivity index (χ0) is 10.8. The second-order valence-electron chi connectivity index (χ2n) is 4.53. The first-order valence-corrected chi connectivity index (χ1v) is 5.70. The number of rotatable bonds is 3. The van der Waals surface area contributed by atoms with Crippen molar-refractivity contribution in [2.24, 2.45) is 5.92 Å². The molecular formula is C11H17NO3. The number of carboxylic acids is 1. The van der Waals surface area contributed by atoms with Crippen molar-refractivity contribution in [2.45, 2.75) is 44.6 Å². The van der Waals surface area contributed by atoms with E-state index in [9.17, 15) is 9.59 Å². The minimum absolute atomic E-state index is 0.0341. The summed E-state index contributed by atoms with van der Waals surface area (Å²) in [7, 11) is 0. The zero-order valence-corrected chi connectivity index (χ0v) is 8.82. The van der Waals surface area contributed by atoms with Crippen molar-refractivity contribution in [1.82, 2.24) is 4.90 Å². The van der Waals surface area contributed by atoms with Crippen molar-refractivity contribution < 1.29 is 14.7 Å². The summed E-state index contributed by atoms with van der Waals surface area (Å²) in [6, 6.07) is 0.422. The van der Waals surface area contributed by atoms with E-state index in [0.717, 1.165) is 19.4 Å². The van der Waals surface area contributed by atoms with Gasteiger partial charge in [-0.05, 0) is 25.2 Å². The molecule has 1 heterocycles. The number of likely N-dealkylation sites (tertiary alicyclic amines) is 1. The maximum atomic E-state index is 11.8. The van der Waals surface area contributed by atoms with Crippen molar-refractivity contribution in [2.75, 3.05) is 6.54 Å². The first-order valence-electron chi connectivity index (χ1n) is 5.70. The van der Waals surface area contributed by atoms with E-state index < -0.39 is 5.97 Å². The molecule has 0 radical (unpaired) electrons. The predicted molar refractivity (Wildman–Crippen MR) is 54.3 cm³/mol. The first-order chi connectivity index (χ1) is 7.18. The molecule has 1 amide bonds. The third-order valence-electron chi connectivity index (χ3n) is 3.63. The lowest BCUT2D eigenvalue weighted by Crippen LogP contribution is -2.36. The average Bonchev–Trinajstić information content (AvgIpc) is 2.74. The molecule has 84 valence electrons. The molecule has 0 aromatic carbocycles. The SMILES string of the molecule is O=C(O)CCC(=O)N1CCC2CCCC21. The summed E-state index contributed by atoms with van der Waals surface area (Å²) in [4.78, 5) is 24.0. The number of amides is 1. The van der Waals surface area contributed by atoms with E-state index >= 15 is 0 Å². The molecule has 2 aliphatic rings. The molecule has 4 heteroatoms. The van der Waals surface area contributed by atoms with Crippen molar-refractivity contribution >= 4 is 11.9 Å². The fourth-order valence-electron chi connectivity index (χ4n) is 2.90. The molecule has 15 heavy (non-hydrogen) atoms. The van der Waals surface area contributed by atoms with Crippen LogP contribution >= 0.6 is 0 Å². The van der Waals surface area contributed by atoms with E-state index in [1.54, 1.807) is 0 Å². The van der Waals surface area contributed by atoms with Crippen molar-refractivity contribution in [3.05, 3.63) is 0 Å². The summed E-state index contributed by atoms with van der Waals surface area (Å²) >= 11 is 0. The Bertz CT molecular complexity index is 277. The molecule has 4 nitrogen and oxygen atoms in total. The molecule has 1 N–H and O–H groups in total. The number of hydrogen-bond acceptors (Lipinski definition) is 2. The van der Waals surface area contributed by atoms with Gasteiger partial charge >= 0.3 is 5.97 Å². The summed E-state index contributed by atoms with van der Waals surface area (Å²) in [5.74, 6) is -0.156. The fourth-order valence-corrected chi connectivity index (χ4v) is 2.90. The molecule has 1 saturated carbocycles. The lowest BCUT2D eigenvalue weighted by atomic mass is 10.0. The molecule has 1 saturated heterocycles. The van der Waals surface area contributed by atoms with Crippen LogP contribution in [-0.2, 0) is 9.59 Å². The molecule has 2 atom stereocenters. The van der Waals surface area contributed by atoms with Crippen LogP contribution in [0.3, 0.4) is 0 Å². The third kappa shape index (κ3) is 2.13. The Balaban J connectivity index is 1.87. The van der Waals surface area contributed by atoms with Gasteiger partial charge in [-0.25, -0.2) is 0 Å². The Morgan fingerprint density at radius 1 is 1.20 bits per heavy atom. The Hall–Kier alpha value is -1.06. The zero-order valence-electron chi connectivity index (χ0n) is 8.82. The summed E-state index contributed by atoms with van der Waals surface area (Å²) in [5.41, 5.74) is 0. The lowest BCUT2D eigenvalue weighted by Gasteiger charge is -2.23. The van der Waals surface area contributed by atoms with Gasteiger partial charge in [-0.1, -0.05) is 6.42 Å². The molecule has 0 spiro atoms. The van der Waals surface area contributed by atoms with Gasteiger partial charge in [-0.3, -0.25) is 9.59 Å². The molecule has 1 aliphatic heterocycles. The molecular weight excluding hydrogens is 194 g/mol. The van der Waals surface area contributed by atoms with Gasteiger partial charge in [-0.15, -0.1) is 0 Å². The van der Waals surface area contributed by atoms with E-state index in [2.05, 4.69) is 0 Å². The highest BCUT2D eigenvalue weighted by atomic mass is 16.4. The van der Waals surface area contributed by atoms with Gasteiger partial charge in [0.25, 0.3) is 0 Å². The van der Waals surface area contributed by atoms with E-state index in [-0.39, 0.29) is 18.7 Å². The fraction of sp³-hybridized carbons (Fsp3) is 0.818. The maximum Gasteiger partial charge on any atom is 0.303 e. The smallest absolute Gasteiger partial charge is 0.303 e. The molecule has 0 bridgehead atoms. The quantitative estimate of drug-likeness (QED) is 0.764. The number of nitrogens with zero attached hydrogens (tertiary/aromatic N) is 1. The minimum atomic E-state index is -0.884. The number of fused-ring (bicyclic) bond motifs is 1. The van der Waals surface area contributed by atoms with Gasteiger partial charge in [0.1, 0.15) is 0 Å². The molecule has 2 rings (SSSR count). The number of carboxylic acid groups (broad SMARTS) is 1. The van der Waals surface area contributed by atoms with Crippen LogP contribution in [0.25, 0.3) is 0 Å². The highest BCUT2D eigenvalue weighted by Crippen LogP contribution is 2.37. The molecule has 2 fully saturated rings. The van der Waals surface area contributed by atoms with E-state index in [1.807, 2.05) is 4.90 Å². The summed E-state index contributed by atoms with van der Waals surface area (Å²) in [6.07, 6.45) is 4.82. The van der Waals surface area contributed by atoms with Crippen molar-refractivity contribution in [3.63, 3.8) is 0 Å². The number of aliphatic carboxylic acids is 1. The molecule has 1 aliphatic carbocycles. The maximum absolute atomic E-state index is 11.8. The van der Waals surface area contributed by atoms with Crippen LogP contribution in [0.15, 0.2) is 0 Å². The number of carbonyl (C=O) groups excluding carboxylic acids is 1. The van der Waals surface area contributed by atoms with Gasteiger partial charge in [0.2, 0.25) is 5.91 Å². The van der Waals surface area contributed by atoms with Crippen LogP contribution in [0.2, 0.25) is 0 Å². The van der Waals surface area contributed by atoms with E-state index in [1.165, 1.54) is 12.8 Å². The molecule has 0 aromatic rings. The lowest BCUT2D eigenvalue weighted by molar-refractivity contribution is -0.141. The number of hydrogen-bond donors (Lipinski definition) is 1. The standard InChI is InChI=1S/C11H17NO3/c13-10(4-5-11(14)15)12-7-6-8-2-1-3-9(8)12/h8-9H,1-7H2,(H,14,15). The van der Waals surface area contributed by atoms with Crippen LogP contribution in [-0.4, -0.2) is 34.5 Å². The predicted octanol–water partition coefficient (Wildman–Crippen LogP) is 1.25. The van der Waals surface area contributed by atoms with Crippen LogP contribution in [0.4, 0.5) is 0 Å². The first kappa shape index (κ1) is 10.5. The van der Waals surface area contributed by atoms with Crippen LogP contribution < -0.4 is 0 Å². The minimum Gasteiger partial charge on any atom is -0.481 e. The molecule has 2 unspecified atom stereocenters.